The van der Waals surface area contributed by atoms with Gasteiger partial charge in [0.05, 0.1) is 11.2 Å². The molecule has 3 nitrogen and oxygen atoms in total. The van der Waals surface area contributed by atoms with E-state index in [-0.39, 0.29) is 5.91 Å². The third kappa shape index (κ3) is 2.86. The predicted octanol–water partition coefficient (Wildman–Crippen LogP) is 5.17. The van der Waals surface area contributed by atoms with Crippen molar-refractivity contribution in [1.29, 1.82) is 0 Å². The molecular weight excluding hydrogens is 352 g/mol. The minimum atomic E-state index is -0.121. The van der Waals surface area contributed by atoms with Gasteiger partial charge in [-0.2, -0.15) is 0 Å². The van der Waals surface area contributed by atoms with Crippen LogP contribution in [0.25, 0.3) is 10.9 Å². The maximum atomic E-state index is 12.7. The fraction of sp³-hybridized carbons (Fsp3) is 0.158. The van der Waals surface area contributed by atoms with E-state index in [0.717, 1.165) is 37.8 Å². The van der Waals surface area contributed by atoms with E-state index >= 15 is 0 Å². The van der Waals surface area contributed by atoms with Crippen LogP contribution in [0.15, 0.2) is 47.1 Å². The molecule has 0 saturated carbocycles. The molecule has 1 aromatic heterocycles. The number of carbonyl (C=O) groups excluding carboxylic acids is 1. The lowest BCUT2D eigenvalue weighted by atomic mass is 9.98. The maximum absolute atomic E-state index is 12.7. The van der Waals surface area contributed by atoms with E-state index in [1.807, 2.05) is 57.2 Å². The summed E-state index contributed by atoms with van der Waals surface area (Å²) in [5.74, 6) is -0.121. The van der Waals surface area contributed by atoms with E-state index in [9.17, 15) is 4.79 Å². The highest BCUT2D eigenvalue weighted by atomic mass is 79.9. The third-order valence-electron chi connectivity index (χ3n) is 4.28. The Labute approximate surface area is 143 Å². The zero-order valence-corrected chi connectivity index (χ0v) is 14.9. The summed E-state index contributed by atoms with van der Waals surface area (Å²) in [6.07, 6.45) is 1.73. The van der Waals surface area contributed by atoms with Gasteiger partial charge in [-0.3, -0.25) is 9.78 Å². The second-order valence-corrected chi connectivity index (χ2v) is 6.47. The van der Waals surface area contributed by atoms with Crippen LogP contribution in [-0.2, 0) is 0 Å². The molecule has 23 heavy (non-hydrogen) atoms. The van der Waals surface area contributed by atoms with Gasteiger partial charge in [-0.15, -0.1) is 0 Å². The van der Waals surface area contributed by atoms with Crippen molar-refractivity contribution in [2.45, 2.75) is 20.8 Å². The Morgan fingerprint density at radius 1 is 1.04 bits per heavy atom. The highest BCUT2D eigenvalue weighted by molar-refractivity contribution is 9.10. The fourth-order valence-electron chi connectivity index (χ4n) is 2.64. The van der Waals surface area contributed by atoms with E-state index < -0.39 is 0 Å². The first-order valence-corrected chi connectivity index (χ1v) is 8.19. The number of benzene rings is 2. The van der Waals surface area contributed by atoms with Crippen molar-refractivity contribution in [3.05, 3.63) is 69.3 Å². The van der Waals surface area contributed by atoms with Crippen molar-refractivity contribution < 1.29 is 4.79 Å². The van der Waals surface area contributed by atoms with Crippen LogP contribution in [0, 0.1) is 20.8 Å². The van der Waals surface area contributed by atoms with E-state index in [0.29, 0.717) is 5.56 Å². The van der Waals surface area contributed by atoms with Crippen LogP contribution in [-0.4, -0.2) is 10.9 Å². The third-order valence-corrected chi connectivity index (χ3v) is 5.11. The number of nitrogens with one attached hydrogen (secondary N) is 1. The Hall–Kier alpha value is -2.20. The van der Waals surface area contributed by atoms with Gasteiger partial charge in [-0.25, -0.2) is 0 Å². The molecule has 2 aromatic carbocycles. The first kappa shape index (κ1) is 15.7. The van der Waals surface area contributed by atoms with Gasteiger partial charge in [0.1, 0.15) is 0 Å². The van der Waals surface area contributed by atoms with Gasteiger partial charge in [-0.05, 0) is 55.7 Å². The molecule has 116 valence electrons. The molecule has 0 unspecified atom stereocenters. The van der Waals surface area contributed by atoms with Crippen molar-refractivity contribution in [1.82, 2.24) is 4.98 Å². The zero-order chi connectivity index (χ0) is 16.6. The molecule has 0 spiro atoms. The Kier molecular flexibility index (Phi) is 4.18. The fourth-order valence-corrected chi connectivity index (χ4v) is 3.16. The van der Waals surface area contributed by atoms with Gasteiger partial charge in [-0.1, -0.05) is 34.1 Å². The van der Waals surface area contributed by atoms with E-state index in [2.05, 4.69) is 26.2 Å². The summed E-state index contributed by atoms with van der Waals surface area (Å²) in [5, 5.41) is 4.00. The molecule has 3 rings (SSSR count). The molecule has 0 radical (unpaired) electrons. The van der Waals surface area contributed by atoms with Crippen LogP contribution in [0.3, 0.4) is 0 Å². The van der Waals surface area contributed by atoms with E-state index in [1.54, 1.807) is 6.20 Å². The van der Waals surface area contributed by atoms with Gasteiger partial charge < -0.3 is 5.32 Å². The van der Waals surface area contributed by atoms with E-state index in [1.165, 1.54) is 0 Å². The maximum Gasteiger partial charge on any atom is 0.256 e. The molecule has 1 amide bonds. The average Bonchev–Trinajstić information content (AvgIpc) is 2.56. The first-order valence-electron chi connectivity index (χ1n) is 7.40. The van der Waals surface area contributed by atoms with Crippen molar-refractivity contribution in [2.24, 2.45) is 0 Å². The lowest BCUT2D eigenvalue weighted by molar-refractivity contribution is 0.102. The summed E-state index contributed by atoms with van der Waals surface area (Å²) >= 11 is 3.53. The minimum absolute atomic E-state index is 0.121. The van der Waals surface area contributed by atoms with Crippen LogP contribution >= 0.6 is 15.9 Å². The second-order valence-electron chi connectivity index (χ2n) is 5.62. The number of para-hydroxylation sites is 1. The molecule has 0 atom stereocenters. The number of pyridine rings is 1. The van der Waals surface area contributed by atoms with Crippen molar-refractivity contribution in [3.8, 4) is 0 Å². The molecular formula is C19H17BrN2O. The quantitative estimate of drug-likeness (QED) is 0.677. The summed E-state index contributed by atoms with van der Waals surface area (Å²) in [6.45, 7) is 6.05. The molecule has 3 aromatic rings. The highest BCUT2D eigenvalue weighted by Gasteiger charge is 2.15. The van der Waals surface area contributed by atoms with Gasteiger partial charge >= 0.3 is 0 Å². The zero-order valence-electron chi connectivity index (χ0n) is 13.3. The molecule has 1 N–H and O–H groups in total. The van der Waals surface area contributed by atoms with Crippen molar-refractivity contribution in [2.75, 3.05) is 5.32 Å². The Morgan fingerprint density at radius 3 is 2.57 bits per heavy atom. The van der Waals surface area contributed by atoms with Gasteiger partial charge in [0.2, 0.25) is 0 Å². The number of hydrogen-bond donors (Lipinski definition) is 1. The van der Waals surface area contributed by atoms with Crippen LogP contribution in [0.1, 0.15) is 27.0 Å². The minimum Gasteiger partial charge on any atom is -0.320 e. The molecule has 1 heterocycles. The Morgan fingerprint density at radius 2 is 1.78 bits per heavy atom. The van der Waals surface area contributed by atoms with E-state index in [4.69, 9.17) is 0 Å². The number of anilines is 1. The first-order chi connectivity index (χ1) is 11.0. The summed E-state index contributed by atoms with van der Waals surface area (Å²) in [6, 6.07) is 11.5. The highest BCUT2D eigenvalue weighted by Crippen LogP contribution is 2.27. The smallest absolute Gasteiger partial charge is 0.256 e. The normalized spacial score (nSPS) is 10.8. The van der Waals surface area contributed by atoms with Gasteiger partial charge in [0, 0.05) is 21.6 Å². The van der Waals surface area contributed by atoms with Crippen molar-refractivity contribution >= 4 is 38.4 Å². The number of aromatic nitrogens is 1. The number of nitrogens with zero attached hydrogens (tertiary/aromatic N) is 1. The number of hydrogen-bond acceptors (Lipinski definition) is 2. The molecule has 0 aliphatic carbocycles. The lowest BCUT2D eigenvalue weighted by Crippen LogP contribution is -2.15. The SMILES string of the molecule is Cc1c(Br)cc(C(=O)Nc2cccc3cccnc23)c(C)c1C. The average molecular weight is 369 g/mol. The van der Waals surface area contributed by atoms with Crippen LogP contribution < -0.4 is 5.32 Å². The van der Waals surface area contributed by atoms with Crippen LogP contribution in [0.5, 0.6) is 0 Å². The van der Waals surface area contributed by atoms with Crippen molar-refractivity contribution in [3.63, 3.8) is 0 Å². The number of amides is 1. The van der Waals surface area contributed by atoms with Gasteiger partial charge in [0.15, 0.2) is 0 Å². The Balaban J connectivity index is 2.02. The molecule has 0 bridgehead atoms. The molecule has 4 heteroatoms. The summed E-state index contributed by atoms with van der Waals surface area (Å²) < 4.78 is 0.946. The van der Waals surface area contributed by atoms with Gasteiger partial charge in [0.25, 0.3) is 5.91 Å². The number of fused-ring (bicyclic) bond motifs is 1. The summed E-state index contributed by atoms with van der Waals surface area (Å²) in [5.41, 5.74) is 5.47. The molecule has 0 fully saturated rings. The Bertz CT molecular complexity index is 913. The predicted molar refractivity (Wildman–Crippen MR) is 98.0 cm³/mol. The monoisotopic (exact) mass is 368 g/mol. The topological polar surface area (TPSA) is 42.0 Å². The molecule has 0 saturated heterocycles. The summed E-state index contributed by atoms with van der Waals surface area (Å²) in [7, 11) is 0. The van der Waals surface area contributed by atoms with Crippen LogP contribution in [0.4, 0.5) is 5.69 Å². The second kappa shape index (κ2) is 6.13. The number of rotatable bonds is 2. The van der Waals surface area contributed by atoms with Crippen LogP contribution in [0.2, 0.25) is 0 Å². The molecule has 0 aliphatic rings. The number of carbonyl (C=O) groups is 1. The molecule has 0 aliphatic heterocycles. The standard InChI is InChI=1S/C19H17BrN2O/c1-11-12(2)15(10-16(20)13(11)3)19(23)22-17-8-4-6-14-7-5-9-21-18(14)17/h4-10H,1-3H3,(H,22,23). The summed E-state index contributed by atoms with van der Waals surface area (Å²) in [4.78, 5) is 17.1. The lowest BCUT2D eigenvalue weighted by Gasteiger charge is -2.14. The largest absolute Gasteiger partial charge is 0.320 e. The number of halogens is 1.